The molecule has 2 heterocycles. The molecule has 0 aliphatic rings. The van der Waals surface area contributed by atoms with E-state index in [1.54, 1.807) is 12.1 Å². The molecule has 0 N–H and O–H groups in total. The SMILES string of the molecule is COC(F)(F)c1nnc2cnc(-c3ccc(OC(C)C)cc3)cn12. The van der Waals surface area contributed by atoms with Crippen LogP contribution in [0.15, 0.2) is 36.7 Å². The highest BCUT2D eigenvalue weighted by Crippen LogP contribution is 2.28. The Bertz CT molecular complexity index is 847. The van der Waals surface area contributed by atoms with Gasteiger partial charge in [-0.2, -0.15) is 8.78 Å². The summed E-state index contributed by atoms with van der Waals surface area (Å²) in [5.74, 6) is 0.133. The molecule has 1 aromatic carbocycles. The normalized spacial score (nSPS) is 12.1. The van der Waals surface area contributed by atoms with Crippen molar-refractivity contribution in [3.63, 3.8) is 0 Å². The fourth-order valence-electron chi connectivity index (χ4n) is 2.22. The standard InChI is InChI=1S/C16H16F2N4O2/c1-10(2)24-12-6-4-11(5-7-12)13-9-22-14(8-19-13)20-21-15(22)16(17,18)23-3/h4-10H,1-3H3. The van der Waals surface area contributed by atoms with Gasteiger partial charge < -0.3 is 9.47 Å². The van der Waals surface area contributed by atoms with Crippen LogP contribution in [0.4, 0.5) is 8.78 Å². The molecule has 0 saturated heterocycles. The first-order chi connectivity index (χ1) is 11.4. The number of ether oxygens (including phenoxy) is 2. The largest absolute Gasteiger partial charge is 0.491 e. The Labute approximate surface area is 137 Å². The Morgan fingerprint density at radius 2 is 1.83 bits per heavy atom. The first-order valence-corrected chi connectivity index (χ1v) is 7.32. The number of rotatable bonds is 5. The number of aromatic nitrogens is 4. The van der Waals surface area contributed by atoms with Crippen LogP contribution in [0.5, 0.6) is 5.75 Å². The Morgan fingerprint density at radius 3 is 2.46 bits per heavy atom. The summed E-state index contributed by atoms with van der Waals surface area (Å²) in [5.41, 5.74) is 1.48. The van der Waals surface area contributed by atoms with Gasteiger partial charge in [0.15, 0.2) is 5.65 Å². The van der Waals surface area contributed by atoms with Crippen LogP contribution in [0.25, 0.3) is 16.9 Å². The molecule has 126 valence electrons. The van der Waals surface area contributed by atoms with Crippen molar-refractivity contribution in [3.8, 4) is 17.0 Å². The minimum Gasteiger partial charge on any atom is -0.491 e. The van der Waals surface area contributed by atoms with E-state index in [2.05, 4.69) is 19.9 Å². The third-order valence-electron chi connectivity index (χ3n) is 3.33. The van der Waals surface area contributed by atoms with Crippen molar-refractivity contribution in [2.24, 2.45) is 0 Å². The Balaban J connectivity index is 2.00. The van der Waals surface area contributed by atoms with Crippen LogP contribution in [0, 0.1) is 0 Å². The van der Waals surface area contributed by atoms with E-state index in [4.69, 9.17) is 4.74 Å². The average molecular weight is 334 g/mol. The maximum Gasteiger partial charge on any atom is 0.417 e. The molecule has 0 amide bonds. The van der Waals surface area contributed by atoms with Crippen LogP contribution in [0.3, 0.4) is 0 Å². The van der Waals surface area contributed by atoms with Crippen LogP contribution >= 0.6 is 0 Å². The zero-order valence-electron chi connectivity index (χ0n) is 13.4. The number of benzene rings is 1. The van der Waals surface area contributed by atoms with Gasteiger partial charge in [0.2, 0.25) is 5.82 Å². The molecule has 6 nitrogen and oxygen atoms in total. The van der Waals surface area contributed by atoms with E-state index in [9.17, 15) is 8.78 Å². The molecule has 0 atom stereocenters. The lowest BCUT2D eigenvalue weighted by Crippen LogP contribution is -2.19. The Kier molecular flexibility index (Phi) is 4.15. The number of fused-ring (bicyclic) bond motifs is 1. The van der Waals surface area contributed by atoms with E-state index in [0.29, 0.717) is 5.69 Å². The minimum absolute atomic E-state index is 0.0705. The molecule has 0 saturated carbocycles. The van der Waals surface area contributed by atoms with Crippen LogP contribution in [-0.2, 0) is 10.8 Å². The summed E-state index contributed by atoms with van der Waals surface area (Å²) in [6, 6.07) is 7.23. The summed E-state index contributed by atoms with van der Waals surface area (Å²) in [6.07, 6.45) is -0.625. The summed E-state index contributed by atoms with van der Waals surface area (Å²) >= 11 is 0. The average Bonchev–Trinajstić information content (AvgIpc) is 2.99. The van der Waals surface area contributed by atoms with Crippen molar-refractivity contribution < 1.29 is 18.3 Å². The number of hydrogen-bond donors (Lipinski definition) is 0. The van der Waals surface area contributed by atoms with Crippen LogP contribution in [0.2, 0.25) is 0 Å². The molecule has 0 spiro atoms. The number of hydrogen-bond acceptors (Lipinski definition) is 5. The lowest BCUT2D eigenvalue weighted by Gasteiger charge is -2.12. The van der Waals surface area contributed by atoms with Gasteiger partial charge in [0.25, 0.3) is 0 Å². The maximum absolute atomic E-state index is 13.8. The second kappa shape index (κ2) is 6.12. The van der Waals surface area contributed by atoms with Gasteiger partial charge in [-0.25, -0.2) is 0 Å². The molecule has 0 bridgehead atoms. The molecular weight excluding hydrogens is 318 g/mol. The van der Waals surface area contributed by atoms with Crippen LogP contribution < -0.4 is 4.74 Å². The monoisotopic (exact) mass is 334 g/mol. The predicted octanol–water partition coefficient (Wildman–Crippen LogP) is 3.27. The zero-order chi connectivity index (χ0) is 17.3. The van der Waals surface area contributed by atoms with Gasteiger partial charge in [-0.15, -0.1) is 10.2 Å². The highest BCUT2D eigenvalue weighted by atomic mass is 19.3. The fraction of sp³-hybridized carbons (Fsp3) is 0.312. The molecule has 8 heteroatoms. The van der Waals surface area contributed by atoms with Crippen molar-refractivity contribution in [1.29, 1.82) is 0 Å². The van der Waals surface area contributed by atoms with Gasteiger partial charge in [0, 0.05) is 18.9 Å². The first kappa shape index (κ1) is 16.3. The molecule has 0 aliphatic carbocycles. The summed E-state index contributed by atoms with van der Waals surface area (Å²) in [5, 5.41) is 7.18. The van der Waals surface area contributed by atoms with Crippen molar-refractivity contribution >= 4 is 5.65 Å². The van der Waals surface area contributed by atoms with Gasteiger partial charge in [-0.1, -0.05) is 0 Å². The van der Waals surface area contributed by atoms with Crippen molar-refractivity contribution in [3.05, 3.63) is 42.5 Å². The van der Waals surface area contributed by atoms with E-state index in [1.165, 1.54) is 16.8 Å². The van der Waals surface area contributed by atoms with Crippen LogP contribution in [0.1, 0.15) is 19.7 Å². The topological polar surface area (TPSA) is 61.5 Å². The van der Waals surface area contributed by atoms with Gasteiger partial charge in [-0.05, 0) is 38.1 Å². The summed E-state index contributed by atoms with van der Waals surface area (Å²) < 4.78 is 38.5. The van der Waals surface area contributed by atoms with E-state index in [-0.39, 0.29) is 11.8 Å². The second-order valence-electron chi connectivity index (χ2n) is 5.44. The molecule has 0 unspecified atom stereocenters. The van der Waals surface area contributed by atoms with Crippen molar-refractivity contribution in [2.75, 3.05) is 7.11 Å². The third-order valence-corrected chi connectivity index (χ3v) is 3.33. The van der Waals surface area contributed by atoms with Gasteiger partial charge in [0.05, 0.1) is 18.0 Å². The first-order valence-electron chi connectivity index (χ1n) is 7.32. The van der Waals surface area contributed by atoms with Gasteiger partial charge in [-0.3, -0.25) is 9.38 Å². The number of methoxy groups -OCH3 is 1. The predicted molar refractivity (Wildman–Crippen MR) is 82.9 cm³/mol. The highest BCUT2D eigenvalue weighted by Gasteiger charge is 2.37. The lowest BCUT2D eigenvalue weighted by molar-refractivity contribution is -0.237. The Morgan fingerprint density at radius 1 is 1.12 bits per heavy atom. The highest BCUT2D eigenvalue weighted by molar-refractivity contribution is 5.60. The molecule has 2 aromatic heterocycles. The van der Waals surface area contributed by atoms with E-state index in [0.717, 1.165) is 18.4 Å². The maximum atomic E-state index is 13.8. The van der Waals surface area contributed by atoms with E-state index >= 15 is 0 Å². The molecule has 0 aliphatic heterocycles. The molecule has 3 aromatic rings. The number of nitrogens with zero attached hydrogens (tertiary/aromatic N) is 4. The van der Waals surface area contributed by atoms with E-state index < -0.39 is 11.9 Å². The molecule has 0 radical (unpaired) electrons. The van der Waals surface area contributed by atoms with E-state index in [1.807, 2.05) is 26.0 Å². The summed E-state index contributed by atoms with van der Waals surface area (Å²) in [4.78, 5) is 4.24. The smallest absolute Gasteiger partial charge is 0.417 e. The summed E-state index contributed by atoms with van der Waals surface area (Å²) in [7, 11) is 0.913. The van der Waals surface area contributed by atoms with Crippen LogP contribution in [-0.4, -0.2) is 32.8 Å². The minimum atomic E-state index is -3.53. The molecule has 3 rings (SSSR count). The Hall–Kier alpha value is -2.61. The molecular formula is C16H16F2N4O2. The molecule has 0 fully saturated rings. The zero-order valence-corrected chi connectivity index (χ0v) is 13.4. The molecule has 24 heavy (non-hydrogen) atoms. The van der Waals surface area contributed by atoms with Gasteiger partial charge in [0.1, 0.15) is 5.75 Å². The fourth-order valence-corrected chi connectivity index (χ4v) is 2.22. The number of alkyl halides is 2. The second-order valence-corrected chi connectivity index (χ2v) is 5.44. The van der Waals surface area contributed by atoms with Gasteiger partial charge >= 0.3 is 6.11 Å². The third kappa shape index (κ3) is 3.05. The quantitative estimate of drug-likeness (QED) is 0.716. The lowest BCUT2D eigenvalue weighted by atomic mass is 10.1. The van der Waals surface area contributed by atoms with Crippen molar-refractivity contribution in [2.45, 2.75) is 26.1 Å². The number of halogens is 2. The van der Waals surface area contributed by atoms with Crippen molar-refractivity contribution in [1.82, 2.24) is 19.6 Å². The summed E-state index contributed by atoms with van der Waals surface area (Å²) in [6.45, 7) is 3.87.